The molecule has 0 aromatic rings. The van der Waals surface area contributed by atoms with Gasteiger partial charge in [-0.05, 0) is 35.0 Å². The first kappa shape index (κ1) is 21.5. The highest BCUT2D eigenvalue weighted by Gasteiger charge is 2.47. The van der Waals surface area contributed by atoms with Crippen LogP contribution in [0.1, 0.15) is 81.1 Å². The van der Waals surface area contributed by atoms with Crippen LogP contribution in [0.4, 0.5) is 0 Å². The summed E-state index contributed by atoms with van der Waals surface area (Å²) in [7, 11) is -1.84. The van der Waals surface area contributed by atoms with Crippen molar-refractivity contribution in [3.8, 4) is 0 Å². The Bertz CT molecular complexity index is 320. The number of hydrogen-bond acceptors (Lipinski definition) is 1. The molecule has 1 unspecified atom stereocenters. The molecule has 130 valence electrons. The molecule has 0 aliphatic heterocycles. The average molecular weight is 325 g/mol. The van der Waals surface area contributed by atoms with Crippen molar-refractivity contribution < 1.29 is 4.43 Å². The predicted molar refractivity (Wildman–Crippen MR) is 104 cm³/mol. The first-order valence-electron chi connectivity index (χ1n) is 9.22. The normalized spacial score (nSPS) is 14.8. The summed E-state index contributed by atoms with van der Waals surface area (Å²) in [5.41, 5.74) is 1.85. The van der Waals surface area contributed by atoms with Gasteiger partial charge in [-0.2, -0.15) is 0 Å². The van der Waals surface area contributed by atoms with Crippen molar-refractivity contribution in [2.45, 2.75) is 97.7 Å². The van der Waals surface area contributed by atoms with Gasteiger partial charge in [-0.15, -0.1) is 6.58 Å². The average Bonchev–Trinajstić information content (AvgIpc) is 2.41. The summed E-state index contributed by atoms with van der Waals surface area (Å²) in [6.45, 7) is 22.6. The third-order valence-corrected chi connectivity index (χ3v) is 10.9. The van der Waals surface area contributed by atoms with Gasteiger partial charge in [-0.25, -0.2) is 0 Å². The Kier molecular flexibility index (Phi) is 10.1. The quantitative estimate of drug-likeness (QED) is 0.218. The van der Waals surface area contributed by atoms with Crippen LogP contribution in [-0.4, -0.2) is 8.32 Å². The van der Waals surface area contributed by atoms with E-state index in [2.05, 4.69) is 68.0 Å². The van der Waals surface area contributed by atoms with Crippen LogP contribution in [0, 0.1) is 5.92 Å². The van der Waals surface area contributed by atoms with Gasteiger partial charge in [-0.3, -0.25) is 0 Å². The molecule has 0 fully saturated rings. The summed E-state index contributed by atoms with van der Waals surface area (Å²) in [6, 6.07) is 0. The van der Waals surface area contributed by atoms with Crippen molar-refractivity contribution in [3.63, 3.8) is 0 Å². The zero-order chi connectivity index (χ0) is 17.3. The van der Waals surface area contributed by atoms with E-state index in [1.807, 2.05) is 6.08 Å². The molecule has 1 nitrogen and oxygen atoms in total. The molecule has 0 rings (SSSR count). The molecule has 2 heteroatoms. The van der Waals surface area contributed by atoms with Crippen LogP contribution < -0.4 is 0 Å². The molecule has 0 heterocycles. The van der Waals surface area contributed by atoms with E-state index in [1.54, 1.807) is 0 Å². The molecule has 0 aromatic carbocycles. The summed E-state index contributed by atoms with van der Waals surface area (Å²) in [5.74, 6) is 1.76. The minimum absolute atomic E-state index is 0.591. The molecule has 1 atom stereocenters. The smallest absolute Gasteiger partial charge is 0.258 e. The van der Waals surface area contributed by atoms with E-state index in [0.717, 1.165) is 6.42 Å². The number of allylic oxidation sites excluding steroid dienone is 2. The monoisotopic (exact) mass is 324 g/mol. The van der Waals surface area contributed by atoms with Gasteiger partial charge < -0.3 is 4.43 Å². The van der Waals surface area contributed by atoms with Crippen LogP contribution in [-0.2, 0) is 4.43 Å². The van der Waals surface area contributed by atoms with Gasteiger partial charge in [0.1, 0.15) is 0 Å². The van der Waals surface area contributed by atoms with Gasteiger partial charge in [0.25, 0.3) is 8.32 Å². The van der Waals surface area contributed by atoms with Gasteiger partial charge in [0, 0.05) is 6.42 Å². The summed E-state index contributed by atoms with van der Waals surface area (Å²) in [5, 5.41) is 0. The maximum atomic E-state index is 6.84. The Balaban J connectivity index is 5.39. The topological polar surface area (TPSA) is 9.23 Å². The Morgan fingerprint density at radius 1 is 1.00 bits per heavy atom. The minimum atomic E-state index is -1.84. The second-order valence-corrected chi connectivity index (χ2v) is 13.0. The molecule has 0 saturated heterocycles. The van der Waals surface area contributed by atoms with Crippen LogP contribution >= 0.6 is 0 Å². The Hall–Kier alpha value is -0.503. The van der Waals surface area contributed by atoms with Crippen LogP contribution in [0.15, 0.2) is 24.5 Å². The Morgan fingerprint density at radius 2 is 1.50 bits per heavy atom. The van der Waals surface area contributed by atoms with E-state index in [1.165, 1.54) is 25.0 Å². The molecule has 0 spiro atoms. The largest absolute Gasteiger partial charge is 0.546 e. The molecular weight excluding hydrogens is 284 g/mol. The van der Waals surface area contributed by atoms with Crippen LogP contribution in [0.3, 0.4) is 0 Å². The molecule has 0 aliphatic rings. The standard InChI is InChI=1S/C20H40OSi/c1-10-12-14-19(9)15-20(13-11-2)21-22(16(3)4,17(5)6)18(7)8/h11,15-19H,2,10,12-14H2,1,3-9H3/b20-15-. The summed E-state index contributed by atoms with van der Waals surface area (Å²) < 4.78 is 6.84. The fourth-order valence-corrected chi connectivity index (χ4v) is 9.11. The minimum Gasteiger partial charge on any atom is -0.546 e. The summed E-state index contributed by atoms with van der Waals surface area (Å²) in [4.78, 5) is 0. The lowest BCUT2D eigenvalue weighted by molar-refractivity contribution is 0.357. The van der Waals surface area contributed by atoms with Gasteiger partial charge in [0.05, 0.1) is 5.76 Å². The van der Waals surface area contributed by atoms with Crippen molar-refractivity contribution in [2.75, 3.05) is 0 Å². The Morgan fingerprint density at radius 3 is 1.86 bits per heavy atom. The highest BCUT2D eigenvalue weighted by atomic mass is 28.4. The summed E-state index contributed by atoms with van der Waals surface area (Å²) in [6.07, 6.45) is 9.01. The molecule has 22 heavy (non-hydrogen) atoms. The second kappa shape index (κ2) is 10.3. The van der Waals surface area contributed by atoms with Crippen molar-refractivity contribution in [1.29, 1.82) is 0 Å². The highest BCUT2D eigenvalue weighted by Crippen LogP contribution is 2.44. The maximum Gasteiger partial charge on any atom is 0.258 e. The molecule has 0 radical (unpaired) electrons. The summed E-state index contributed by atoms with van der Waals surface area (Å²) >= 11 is 0. The zero-order valence-electron chi connectivity index (χ0n) is 16.4. The molecule has 0 bridgehead atoms. The number of hydrogen-bond donors (Lipinski definition) is 0. The zero-order valence-corrected chi connectivity index (χ0v) is 17.4. The first-order valence-corrected chi connectivity index (χ1v) is 11.4. The van der Waals surface area contributed by atoms with E-state index >= 15 is 0 Å². The van der Waals surface area contributed by atoms with Crippen LogP contribution in [0.2, 0.25) is 16.6 Å². The van der Waals surface area contributed by atoms with Crippen LogP contribution in [0.5, 0.6) is 0 Å². The predicted octanol–water partition coefficient (Wildman–Crippen LogP) is 7.46. The lowest BCUT2D eigenvalue weighted by Crippen LogP contribution is -2.47. The van der Waals surface area contributed by atoms with E-state index in [9.17, 15) is 0 Å². The lowest BCUT2D eigenvalue weighted by Gasteiger charge is -2.43. The fraction of sp³-hybridized carbons (Fsp3) is 0.800. The highest BCUT2D eigenvalue weighted by molar-refractivity contribution is 6.77. The van der Waals surface area contributed by atoms with E-state index in [0.29, 0.717) is 22.5 Å². The van der Waals surface area contributed by atoms with Gasteiger partial charge in [0.15, 0.2) is 0 Å². The maximum absolute atomic E-state index is 6.84. The molecule has 0 amide bonds. The number of rotatable bonds is 11. The molecule has 0 N–H and O–H groups in total. The van der Waals surface area contributed by atoms with Crippen molar-refractivity contribution >= 4 is 8.32 Å². The third kappa shape index (κ3) is 5.95. The second-order valence-electron chi connectivity index (χ2n) is 7.67. The van der Waals surface area contributed by atoms with Gasteiger partial charge >= 0.3 is 0 Å². The number of unbranched alkanes of at least 4 members (excludes halogenated alkanes) is 1. The van der Waals surface area contributed by atoms with E-state index in [4.69, 9.17) is 4.43 Å². The SMILES string of the molecule is C=CC/C(=C/C(C)CCCC)O[Si](C(C)C)(C(C)C)C(C)C. The first-order chi connectivity index (χ1) is 10.2. The van der Waals surface area contributed by atoms with Crippen molar-refractivity contribution in [1.82, 2.24) is 0 Å². The van der Waals surface area contributed by atoms with Crippen LogP contribution in [0.25, 0.3) is 0 Å². The van der Waals surface area contributed by atoms with Gasteiger partial charge in [0.2, 0.25) is 0 Å². The lowest BCUT2D eigenvalue weighted by atomic mass is 10.0. The fourth-order valence-electron chi connectivity index (χ4n) is 3.79. The molecule has 0 saturated carbocycles. The van der Waals surface area contributed by atoms with E-state index in [-0.39, 0.29) is 0 Å². The third-order valence-electron chi connectivity index (χ3n) is 4.84. The molecular formula is C20H40OSi. The molecule has 0 aliphatic carbocycles. The van der Waals surface area contributed by atoms with E-state index < -0.39 is 8.32 Å². The van der Waals surface area contributed by atoms with Gasteiger partial charge in [-0.1, -0.05) is 74.3 Å². The van der Waals surface area contributed by atoms with Crippen molar-refractivity contribution in [2.24, 2.45) is 5.92 Å². The Labute approximate surface area is 141 Å². The molecule has 0 aromatic heterocycles. The van der Waals surface area contributed by atoms with Crippen molar-refractivity contribution in [3.05, 3.63) is 24.5 Å².